The van der Waals surface area contributed by atoms with Crippen LogP contribution in [0.3, 0.4) is 0 Å². The molecular formula is C13H10F2N2O. The molecule has 2 rings (SSSR count). The van der Waals surface area contributed by atoms with Gasteiger partial charge in [0.15, 0.2) is 5.82 Å². The Morgan fingerprint density at radius 1 is 1.22 bits per heavy atom. The van der Waals surface area contributed by atoms with Gasteiger partial charge in [-0.3, -0.25) is 9.78 Å². The lowest BCUT2D eigenvalue weighted by Crippen LogP contribution is -2.14. The van der Waals surface area contributed by atoms with Gasteiger partial charge in [0.05, 0.1) is 11.8 Å². The molecule has 1 aromatic heterocycles. The number of carbonyl (C=O) groups excluding carboxylic acids is 1. The SMILES string of the molecule is Cc1ccc(NC(=O)c2ccncc2F)cc1F. The summed E-state index contributed by atoms with van der Waals surface area (Å²) in [5.41, 5.74) is 0.619. The van der Waals surface area contributed by atoms with E-state index in [9.17, 15) is 13.6 Å². The summed E-state index contributed by atoms with van der Waals surface area (Å²) in [5, 5.41) is 2.42. The van der Waals surface area contributed by atoms with Gasteiger partial charge in [0.2, 0.25) is 0 Å². The molecule has 1 heterocycles. The first-order valence-corrected chi connectivity index (χ1v) is 5.25. The second kappa shape index (κ2) is 4.91. The number of carbonyl (C=O) groups is 1. The fourth-order valence-corrected chi connectivity index (χ4v) is 1.43. The minimum Gasteiger partial charge on any atom is -0.322 e. The third-order valence-electron chi connectivity index (χ3n) is 2.45. The molecule has 5 heteroatoms. The van der Waals surface area contributed by atoms with Crippen LogP contribution in [-0.4, -0.2) is 10.9 Å². The van der Waals surface area contributed by atoms with Crippen molar-refractivity contribution < 1.29 is 13.6 Å². The van der Waals surface area contributed by atoms with Gasteiger partial charge in [-0.15, -0.1) is 0 Å². The van der Waals surface area contributed by atoms with Crippen molar-refractivity contribution in [3.63, 3.8) is 0 Å². The van der Waals surface area contributed by atoms with Crippen molar-refractivity contribution in [1.82, 2.24) is 4.98 Å². The maximum atomic E-state index is 13.3. The number of aromatic nitrogens is 1. The monoisotopic (exact) mass is 248 g/mol. The molecule has 3 nitrogen and oxygen atoms in total. The van der Waals surface area contributed by atoms with Crippen molar-refractivity contribution in [2.75, 3.05) is 5.32 Å². The molecule has 0 saturated heterocycles. The first-order chi connectivity index (χ1) is 8.58. The van der Waals surface area contributed by atoms with Crippen LogP contribution in [0.1, 0.15) is 15.9 Å². The van der Waals surface area contributed by atoms with Crippen molar-refractivity contribution in [1.29, 1.82) is 0 Å². The van der Waals surface area contributed by atoms with Crippen LogP contribution in [0.2, 0.25) is 0 Å². The Kier molecular flexibility index (Phi) is 3.32. The third kappa shape index (κ3) is 2.51. The van der Waals surface area contributed by atoms with Crippen molar-refractivity contribution in [3.8, 4) is 0 Å². The highest BCUT2D eigenvalue weighted by Crippen LogP contribution is 2.15. The molecule has 92 valence electrons. The second-order valence-corrected chi connectivity index (χ2v) is 3.77. The zero-order valence-electron chi connectivity index (χ0n) is 9.58. The van der Waals surface area contributed by atoms with E-state index in [0.29, 0.717) is 5.56 Å². The number of anilines is 1. The summed E-state index contributed by atoms with van der Waals surface area (Å²) >= 11 is 0. The maximum absolute atomic E-state index is 13.3. The van der Waals surface area contributed by atoms with E-state index in [-0.39, 0.29) is 11.3 Å². The summed E-state index contributed by atoms with van der Waals surface area (Å²) in [5.74, 6) is -1.79. The minimum atomic E-state index is -0.720. The molecule has 0 atom stereocenters. The average Bonchev–Trinajstić information content (AvgIpc) is 2.34. The quantitative estimate of drug-likeness (QED) is 0.887. The zero-order valence-corrected chi connectivity index (χ0v) is 9.58. The fourth-order valence-electron chi connectivity index (χ4n) is 1.43. The summed E-state index contributed by atoms with van der Waals surface area (Å²) in [7, 11) is 0. The van der Waals surface area contributed by atoms with Crippen molar-refractivity contribution in [3.05, 3.63) is 59.4 Å². The highest BCUT2D eigenvalue weighted by molar-refractivity contribution is 6.04. The first kappa shape index (κ1) is 12.2. The number of amides is 1. The molecule has 1 amide bonds. The Bertz CT molecular complexity index is 599. The topological polar surface area (TPSA) is 42.0 Å². The van der Waals surface area contributed by atoms with Crippen LogP contribution >= 0.6 is 0 Å². The van der Waals surface area contributed by atoms with Gasteiger partial charge >= 0.3 is 0 Å². The smallest absolute Gasteiger partial charge is 0.258 e. The summed E-state index contributed by atoms with van der Waals surface area (Å²) in [6.45, 7) is 1.61. The number of benzene rings is 1. The van der Waals surface area contributed by atoms with Gasteiger partial charge in [0, 0.05) is 11.9 Å². The lowest BCUT2D eigenvalue weighted by molar-refractivity contribution is 0.102. The zero-order chi connectivity index (χ0) is 13.1. The van der Waals surface area contributed by atoms with Crippen molar-refractivity contribution in [2.24, 2.45) is 0 Å². The summed E-state index contributed by atoms with van der Waals surface area (Å²) in [6.07, 6.45) is 2.26. The van der Waals surface area contributed by atoms with Gasteiger partial charge in [0.1, 0.15) is 5.82 Å². The van der Waals surface area contributed by atoms with E-state index in [4.69, 9.17) is 0 Å². The number of hydrogen-bond donors (Lipinski definition) is 1. The molecule has 18 heavy (non-hydrogen) atoms. The van der Waals surface area contributed by atoms with Crippen LogP contribution in [0.15, 0.2) is 36.7 Å². The molecule has 0 unspecified atom stereocenters. The van der Waals surface area contributed by atoms with Gasteiger partial charge in [-0.05, 0) is 30.7 Å². The van der Waals surface area contributed by atoms with Gasteiger partial charge in [-0.25, -0.2) is 8.78 Å². The van der Waals surface area contributed by atoms with E-state index in [0.717, 1.165) is 6.20 Å². The number of nitrogens with one attached hydrogen (secondary N) is 1. The van der Waals surface area contributed by atoms with Gasteiger partial charge in [-0.1, -0.05) is 6.07 Å². The Balaban J connectivity index is 2.22. The Labute approximate surface area is 102 Å². The van der Waals surface area contributed by atoms with Gasteiger partial charge < -0.3 is 5.32 Å². The lowest BCUT2D eigenvalue weighted by atomic mass is 10.2. The first-order valence-electron chi connectivity index (χ1n) is 5.25. The van der Waals surface area contributed by atoms with Crippen LogP contribution in [0.4, 0.5) is 14.5 Å². The number of halogens is 2. The predicted molar refractivity (Wildman–Crippen MR) is 63.3 cm³/mol. The predicted octanol–water partition coefficient (Wildman–Crippen LogP) is 2.92. The van der Waals surface area contributed by atoms with E-state index in [1.54, 1.807) is 13.0 Å². The largest absolute Gasteiger partial charge is 0.322 e. The number of rotatable bonds is 2. The van der Waals surface area contributed by atoms with Gasteiger partial charge in [-0.2, -0.15) is 0 Å². The average molecular weight is 248 g/mol. The fraction of sp³-hybridized carbons (Fsp3) is 0.0769. The Hall–Kier alpha value is -2.30. The lowest BCUT2D eigenvalue weighted by Gasteiger charge is -2.06. The van der Waals surface area contributed by atoms with Crippen LogP contribution < -0.4 is 5.32 Å². The number of aryl methyl sites for hydroxylation is 1. The second-order valence-electron chi connectivity index (χ2n) is 3.77. The van der Waals surface area contributed by atoms with Crippen LogP contribution in [0, 0.1) is 18.6 Å². The molecule has 1 N–H and O–H groups in total. The molecule has 0 spiro atoms. The normalized spacial score (nSPS) is 10.2. The van der Waals surface area contributed by atoms with Crippen LogP contribution in [-0.2, 0) is 0 Å². The molecule has 2 aromatic rings. The van der Waals surface area contributed by atoms with Gasteiger partial charge in [0.25, 0.3) is 5.91 Å². The van der Waals surface area contributed by atoms with E-state index in [2.05, 4.69) is 10.3 Å². The van der Waals surface area contributed by atoms with Crippen molar-refractivity contribution in [2.45, 2.75) is 6.92 Å². The molecule has 0 aliphatic heterocycles. The number of nitrogens with zero attached hydrogens (tertiary/aromatic N) is 1. The van der Waals surface area contributed by atoms with Crippen LogP contribution in [0.5, 0.6) is 0 Å². The Morgan fingerprint density at radius 2 is 2.00 bits per heavy atom. The molecule has 0 aliphatic carbocycles. The molecule has 0 fully saturated rings. The molecular weight excluding hydrogens is 238 g/mol. The molecule has 0 aliphatic rings. The van der Waals surface area contributed by atoms with E-state index >= 15 is 0 Å². The number of pyridine rings is 1. The minimum absolute atomic E-state index is 0.133. The third-order valence-corrected chi connectivity index (χ3v) is 2.45. The maximum Gasteiger partial charge on any atom is 0.258 e. The summed E-state index contributed by atoms with van der Waals surface area (Å²) < 4.78 is 26.6. The Morgan fingerprint density at radius 3 is 2.67 bits per heavy atom. The molecule has 0 saturated carbocycles. The molecule has 1 aromatic carbocycles. The number of hydrogen-bond acceptors (Lipinski definition) is 2. The standard InChI is InChI=1S/C13H10F2N2O/c1-8-2-3-9(6-11(8)14)17-13(18)10-4-5-16-7-12(10)15/h2-7H,1H3,(H,17,18). The van der Waals surface area contributed by atoms with Crippen molar-refractivity contribution >= 4 is 11.6 Å². The highest BCUT2D eigenvalue weighted by atomic mass is 19.1. The van der Waals surface area contributed by atoms with E-state index in [1.165, 1.54) is 24.4 Å². The van der Waals surface area contributed by atoms with Crippen LogP contribution in [0.25, 0.3) is 0 Å². The van der Waals surface area contributed by atoms with E-state index in [1.807, 2.05) is 0 Å². The molecule has 0 bridgehead atoms. The molecule has 0 radical (unpaired) electrons. The highest BCUT2D eigenvalue weighted by Gasteiger charge is 2.11. The summed E-state index contributed by atoms with van der Waals surface area (Å²) in [4.78, 5) is 15.3. The van der Waals surface area contributed by atoms with E-state index < -0.39 is 17.5 Å². The summed E-state index contributed by atoms with van der Waals surface area (Å²) in [6, 6.07) is 5.53.